The number of nitrogens with zero attached hydrogens (tertiary/aromatic N) is 3. The molecule has 0 saturated carbocycles. The molecule has 1 amide bonds. The summed E-state index contributed by atoms with van der Waals surface area (Å²) in [6, 6.07) is 16.9. The zero-order valence-electron chi connectivity index (χ0n) is 16.4. The van der Waals surface area contributed by atoms with E-state index >= 15 is 0 Å². The lowest BCUT2D eigenvalue weighted by Crippen LogP contribution is -2.45. The maximum atomic E-state index is 12.9. The Morgan fingerprint density at radius 3 is 1.93 bits per heavy atom. The molecule has 0 spiro atoms. The van der Waals surface area contributed by atoms with Gasteiger partial charge >= 0.3 is 11.1 Å². The van der Waals surface area contributed by atoms with Crippen molar-refractivity contribution in [3.63, 3.8) is 0 Å². The van der Waals surface area contributed by atoms with Crippen LogP contribution in [0.15, 0.2) is 64.2 Å². The molecule has 6 nitrogen and oxygen atoms in total. The molecule has 0 radical (unpaired) electrons. The van der Waals surface area contributed by atoms with Crippen LogP contribution in [0.2, 0.25) is 0 Å². The normalized spacial score (nSPS) is 14.7. The number of hydrogen-bond acceptors (Lipinski definition) is 3. The Kier molecular flexibility index (Phi) is 5.60. The Balaban J connectivity index is 1.75. The summed E-state index contributed by atoms with van der Waals surface area (Å²) in [5.74, 6) is -0.0978. The predicted octanol–water partition coefficient (Wildman–Crippen LogP) is 2.61. The molecule has 2 aromatic carbocycles. The Morgan fingerprint density at radius 2 is 1.28 bits per heavy atom. The van der Waals surface area contributed by atoms with Gasteiger partial charge in [-0.25, -0.2) is 0 Å². The van der Waals surface area contributed by atoms with Crippen molar-refractivity contribution in [1.29, 1.82) is 0 Å². The van der Waals surface area contributed by atoms with Crippen LogP contribution in [-0.2, 0) is 17.9 Å². The number of amides is 1. The lowest BCUT2D eigenvalue weighted by Gasteiger charge is -2.22. The lowest BCUT2D eigenvalue weighted by atomic mass is 10.2. The van der Waals surface area contributed by atoms with Crippen molar-refractivity contribution in [2.45, 2.75) is 38.8 Å². The number of fused-ring (bicyclic) bond motifs is 1. The van der Waals surface area contributed by atoms with Gasteiger partial charge in [0.25, 0.3) is 0 Å². The Morgan fingerprint density at radius 1 is 0.724 bits per heavy atom. The van der Waals surface area contributed by atoms with Crippen molar-refractivity contribution in [3.8, 4) is 0 Å². The summed E-state index contributed by atoms with van der Waals surface area (Å²) in [5.41, 5.74) is 0.956. The molecule has 3 aromatic rings. The summed E-state index contributed by atoms with van der Waals surface area (Å²) >= 11 is 0. The summed E-state index contributed by atoms with van der Waals surface area (Å²) in [6.45, 7) is 1.66. The molecule has 1 aromatic heterocycles. The summed E-state index contributed by atoms with van der Waals surface area (Å²) in [7, 11) is 0. The van der Waals surface area contributed by atoms with Crippen LogP contribution in [0.4, 0.5) is 0 Å². The van der Waals surface area contributed by atoms with E-state index in [4.69, 9.17) is 0 Å². The van der Waals surface area contributed by atoms with Crippen LogP contribution in [-0.4, -0.2) is 33.0 Å². The van der Waals surface area contributed by atoms with Crippen LogP contribution in [0.3, 0.4) is 0 Å². The fourth-order valence-electron chi connectivity index (χ4n) is 4.01. The van der Waals surface area contributed by atoms with Gasteiger partial charge in [-0.3, -0.25) is 23.5 Å². The van der Waals surface area contributed by atoms with E-state index in [0.29, 0.717) is 17.6 Å². The average molecular weight is 391 g/mol. The fourth-order valence-corrected chi connectivity index (χ4v) is 4.01. The summed E-state index contributed by atoms with van der Waals surface area (Å²) in [5, 5.41) is 0. The van der Waals surface area contributed by atoms with Crippen molar-refractivity contribution in [3.05, 3.63) is 80.9 Å². The van der Waals surface area contributed by atoms with E-state index in [2.05, 4.69) is 0 Å². The molecular weight excluding hydrogens is 366 g/mol. The van der Waals surface area contributed by atoms with Crippen LogP contribution in [0.1, 0.15) is 31.2 Å². The van der Waals surface area contributed by atoms with Crippen molar-refractivity contribution >= 4 is 16.9 Å². The molecule has 0 bridgehead atoms. The Labute approximate surface area is 169 Å². The Bertz CT molecular complexity index is 1120. The molecule has 1 saturated heterocycles. The number of likely N-dealkylation sites (tertiary alicyclic amines) is 1. The lowest BCUT2D eigenvalue weighted by molar-refractivity contribution is -0.131. The number of benzene rings is 2. The number of carbonyl (C=O) groups is 1. The molecular formula is C23H25N3O3. The highest BCUT2D eigenvalue weighted by atomic mass is 16.2. The minimum atomic E-state index is -0.650. The van der Waals surface area contributed by atoms with E-state index in [0.717, 1.165) is 44.3 Å². The summed E-state index contributed by atoms with van der Waals surface area (Å²) in [6.07, 6.45) is 4.23. The Hall–Kier alpha value is -3.15. The molecule has 0 aliphatic carbocycles. The maximum Gasteiger partial charge on any atom is 0.317 e. The molecule has 0 N–H and O–H groups in total. The highest BCUT2D eigenvalue weighted by Crippen LogP contribution is 2.14. The first-order valence-corrected chi connectivity index (χ1v) is 10.2. The van der Waals surface area contributed by atoms with Gasteiger partial charge in [0.15, 0.2) is 0 Å². The number of carbonyl (C=O) groups excluding carboxylic acids is 1. The molecule has 29 heavy (non-hydrogen) atoms. The van der Waals surface area contributed by atoms with Crippen LogP contribution in [0, 0.1) is 0 Å². The SMILES string of the molecule is O=C(Cn1c(=O)c(=O)n(Cc2ccccc2)c2ccccc21)N1CCCCCC1. The van der Waals surface area contributed by atoms with Gasteiger partial charge in [0.2, 0.25) is 5.91 Å². The quantitative estimate of drug-likeness (QED) is 0.642. The monoisotopic (exact) mass is 391 g/mol. The maximum absolute atomic E-state index is 12.9. The molecule has 150 valence electrons. The van der Waals surface area contributed by atoms with Gasteiger partial charge in [0.1, 0.15) is 6.54 Å². The molecule has 1 aliphatic rings. The number of rotatable bonds is 4. The molecule has 4 rings (SSSR count). The van der Waals surface area contributed by atoms with Gasteiger partial charge in [-0.2, -0.15) is 0 Å². The third-order valence-electron chi connectivity index (χ3n) is 5.57. The van der Waals surface area contributed by atoms with Crippen molar-refractivity contribution in [2.24, 2.45) is 0 Å². The van der Waals surface area contributed by atoms with E-state index in [9.17, 15) is 14.4 Å². The van der Waals surface area contributed by atoms with Crippen molar-refractivity contribution in [2.75, 3.05) is 13.1 Å². The summed E-state index contributed by atoms with van der Waals surface area (Å²) < 4.78 is 2.84. The second-order valence-corrected chi connectivity index (χ2v) is 7.55. The third kappa shape index (κ3) is 4.01. The minimum Gasteiger partial charge on any atom is -0.341 e. The zero-order chi connectivity index (χ0) is 20.2. The van der Waals surface area contributed by atoms with E-state index in [-0.39, 0.29) is 12.5 Å². The first-order chi connectivity index (χ1) is 14.1. The highest BCUT2D eigenvalue weighted by molar-refractivity contribution is 5.80. The van der Waals surface area contributed by atoms with Crippen LogP contribution < -0.4 is 11.1 Å². The predicted molar refractivity (Wildman–Crippen MR) is 113 cm³/mol. The van der Waals surface area contributed by atoms with Gasteiger partial charge in [-0.1, -0.05) is 55.3 Å². The zero-order valence-corrected chi connectivity index (χ0v) is 16.4. The van der Waals surface area contributed by atoms with Gasteiger partial charge in [-0.05, 0) is 30.5 Å². The number of aromatic nitrogens is 2. The molecule has 0 atom stereocenters. The van der Waals surface area contributed by atoms with Gasteiger partial charge in [0, 0.05) is 13.1 Å². The van der Waals surface area contributed by atoms with Gasteiger partial charge in [0.05, 0.1) is 17.6 Å². The van der Waals surface area contributed by atoms with E-state index in [1.54, 1.807) is 6.07 Å². The standard InChI is InChI=1S/C23H25N3O3/c27-21(24-14-8-1-2-9-15-24)17-26-20-13-7-6-12-19(20)25(22(28)23(26)29)16-18-10-4-3-5-11-18/h3-7,10-13H,1-2,8-9,14-17H2. The molecule has 1 fully saturated rings. The first-order valence-electron chi connectivity index (χ1n) is 10.2. The highest BCUT2D eigenvalue weighted by Gasteiger charge is 2.20. The second kappa shape index (κ2) is 8.47. The van der Waals surface area contributed by atoms with E-state index in [1.807, 2.05) is 53.4 Å². The molecule has 6 heteroatoms. The van der Waals surface area contributed by atoms with Crippen LogP contribution in [0.5, 0.6) is 0 Å². The smallest absolute Gasteiger partial charge is 0.317 e. The fraction of sp³-hybridized carbons (Fsp3) is 0.348. The first kappa shape index (κ1) is 19.2. The summed E-state index contributed by atoms with van der Waals surface area (Å²) in [4.78, 5) is 40.5. The number of hydrogen-bond donors (Lipinski definition) is 0. The molecule has 1 aliphatic heterocycles. The molecule has 2 heterocycles. The van der Waals surface area contributed by atoms with Crippen molar-refractivity contribution < 1.29 is 4.79 Å². The number of para-hydroxylation sites is 2. The largest absolute Gasteiger partial charge is 0.341 e. The van der Waals surface area contributed by atoms with Crippen molar-refractivity contribution in [1.82, 2.24) is 14.0 Å². The van der Waals surface area contributed by atoms with E-state index in [1.165, 1.54) is 9.13 Å². The van der Waals surface area contributed by atoms with Gasteiger partial charge in [-0.15, -0.1) is 0 Å². The van der Waals surface area contributed by atoms with Gasteiger partial charge < -0.3 is 4.90 Å². The third-order valence-corrected chi connectivity index (χ3v) is 5.57. The second-order valence-electron chi connectivity index (χ2n) is 7.55. The van der Waals surface area contributed by atoms with Crippen LogP contribution in [0.25, 0.3) is 11.0 Å². The topological polar surface area (TPSA) is 64.3 Å². The average Bonchev–Trinajstić information content (AvgIpc) is 3.04. The minimum absolute atomic E-state index is 0.0965. The van der Waals surface area contributed by atoms with E-state index < -0.39 is 11.1 Å². The van der Waals surface area contributed by atoms with Crippen LogP contribution >= 0.6 is 0 Å². The molecule has 0 unspecified atom stereocenters.